The number of anilines is 1. The Labute approximate surface area is 135 Å². The van der Waals surface area contributed by atoms with E-state index < -0.39 is 0 Å². The number of hydrogen-bond donors (Lipinski definition) is 2. The zero-order valence-electron chi connectivity index (χ0n) is 11.2. The minimum absolute atomic E-state index is 0.219. The van der Waals surface area contributed by atoms with E-state index in [0.717, 1.165) is 20.2 Å². The van der Waals surface area contributed by atoms with Gasteiger partial charge in [0.05, 0.1) is 12.8 Å². The first-order valence-corrected chi connectivity index (χ1v) is 7.65. The van der Waals surface area contributed by atoms with Gasteiger partial charge in [-0.3, -0.25) is 0 Å². The van der Waals surface area contributed by atoms with E-state index in [1.165, 1.54) is 5.56 Å². The number of ether oxygens (including phenoxy) is 1. The second kappa shape index (κ2) is 6.50. The SMILES string of the molecule is COc1ccc(CNc2c(Br)cc(C)cc2Br)c(O)c1. The van der Waals surface area contributed by atoms with E-state index >= 15 is 0 Å². The Morgan fingerprint density at radius 1 is 1.15 bits per heavy atom. The van der Waals surface area contributed by atoms with Gasteiger partial charge in [0.2, 0.25) is 0 Å². The Balaban J connectivity index is 2.17. The number of methoxy groups -OCH3 is 1. The van der Waals surface area contributed by atoms with Crippen molar-refractivity contribution < 1.29 is 9.84 Å². The molecule has 0 aromatic heterocycles. The Kier molecular flexibility index (Phi) is 4.94. The third kappa shape index (κ3) is 3.46. The van der Waals surface area contributed by atoms with Crippen LogP contribution < -0.4 is 10.1 Å². The molecule has 0 amide bonds. The van der Waals surface area contributed by atoms with Crippen molar-refractivity contribution in [3.63, 3.8) is 0 Å². The Morgan fingerprint density at radius 3 is 2.35 bits per heavy atom. The predicted molar refractivity (Wildman–Crippen MR) is 88.6 cm³/mol. The number of phenols is 1. The van der Waals surface area contributed by atoms with E-state index in [-0.39, 0.29) is 5.75 Å². The molecule has 0 heterocycles. The van der Waals surface area contributed by atoms with Crippen LogP contribution in [0.2, 0.25) is 0 Å². The van der Waals surface area contributed by atoms with E-state index in [4.69, 9.17) is 4.74 Å². The zero-order chi connectivity index (χ0) is 14.7. The summed E-state index contributed by atoms with van der Waals surface area (Å²) in [6, 6.07) is 9.37. The molecule has 0 aliphatic rings. The summed E-state index contributed by atoms with van der Waals surface area (Å²) in [5, 5.41) is 13.2. The molecule has 0 saturated carbocycles. The van der Waals surface area contributed by atoms with Crippen molar-refractivity contribution in [3.05, 3.63) is 50.4 Å². The number of benzene rings is 2. The van der Waals surface area contributed by atoms with E-state index in [2.05, 4.69) is 37.2 Å². The lowest BCUT2D eigenvalue weighted by atomic mass is 10.1. The highest BCUT2D eigenvalue weighted by Gasteiger charge is 2.08. The molecule has 0 unspecified atom stereocenters. The fourth-order valence-electron chi connectivity index (χ4n) is 1.87. The highest BCUT2D eigenvalue weighted by molar-refractivity contribution is 9.11. The van der Waals surface area contributed by atoms with Gasteiger partial charge in [-0.15, -0.1) is 0 Å². The van der Waals surface area contributed by atoms with Crippen LogP contribution in [0.3, 0.4) is 0 Å². The summed E-state index contributed by atoms with van der Waals surface area (Å²) >= 11 is 7.08. The smallest absolute Gasteiger partial charge is 0.124 e. The lowest BCUT2D eigenvalue weighted by Crippen LogP contribution is -2.01. The highest BCUT2D eigenvalue weighted by Crippen LogP contribution is 2.33. The van der Waals surface area contributed by atoms with Gasteiger partial charge in [0.1, 0.15) is 11.5 Å². The monoisotopic (exact) mass is 399 g/mol. The summed E-state index contributed by atoms with van der Waals surface area (Å²) in [5.41, 5.74) is 2.94. The molecule has 0 aliphatic heterocycles. The third-order valence-electron chi connectivity index (χ3n) is 2.93. The average molecular weight is 401 g/mol. The van der Waals surface area contributed by atoms with Crippen LogP contribution in [-0.4, -0.2) is 12.2 Å². The summed E-state index contributed by atoms with van der Waals surface area (Å²) in [4.78, 5) is 0. The fourth-order valence-corrected chi connectivity index (χ4v) is 3.57. The van der Waals surface area contributed by atoms with Gasteiger partial charge in [0, 0.05) is 27.1 Å². The molecular formula is C15H15Br2NO2. The van der Waals surface area contributed by atoms with Gasteiger partial charge in [-0.1, -0.05) is 0 Å². The molecule has 20 heavy (non-hydrogen) atoms. The first kappa shape index (κ1) is 15.2. The quantitative estimate of drug-likeness (QED) is 0.770. The van der Waals surface area contributed by atoms with E-state index in [1.54, 1.807) is 13.2 Å². The van der Waals surface area contributed by atoms with Crippen molar-refractivity contribution in [3.8, 4) is 11.5 Å². The molecule has 2 aromatic carbocycles. The van der Waals surface area contributed by atoms with E-state index in [9.17, 15) is 5.11 Å². The van der Waals surface area contributed by atoms with Crippen LogP contribution in [0.5, 0.6) is 11.5 Å². The number of nitrogens with one attached hydrogen (secondary N) is 1. The standard InChI is InChI=1S/C15H15Br2NO2/c1-9-5-12(16)15(13(17)6-9)18-8-10-3-4-11(20-2)7-14(10)19/h3-7,18-19H,8H2,1-2H3. The minimum Gasteiger partial charge on any atom is -0.507 e. The number of aromatic hydroxyl groups is 1. The van der Waals surface area contributed by atoms with Gasteiger partial charge in [-0.25, -0.2) is 0 Å². The predicted octanol–water partition coefficient (Wildman–Crippen LogP) is 4.85. The Hall–Kier alpha value is -1.20. The third-order valence-corrected chi connectivity index (χ3v) is 4.19. The molecule has 2 aromatic rings. The normalized spacial score (nSPS) is 10.4. The summed E-state index contributed by atoms with van der Waals surface area (Å²) in [6.07, 6.45) is 0. The maximum absolute atomic E-state index is 9.94. The van der Waals surface area contributed by atoms with Crippen LogP contribution in [0.15, 0.2) is 39.3 Å². The van der Waals surface area contributed by atoms with Gasteiger partial charge in [0.15, 0.2) is 0 Å². The van der Waals surface area contributed by atoms with Gasteiger partial charge in [-0.05, 0) is 68.6 Å². The number of phenolic OH excluding ortho intramolecular Hbond substituents is 1. The minimum atomic E-state index is 0.219. The van der Waals surface area contributed by atoms with Gasteiger partial charge < -0.3 is 15.2 Å². The maximum atomic E-state index is 9.94. The van der Waals surface area contributed by atoms with Crippen LogP contribution >= 0.6 is 31.9 Å². The molecule has 0 fully saturated rings. The highest BCUT2D eigenvalue weighted by atomic mass is 79.9. The van der Waals surface area contributed by atoms with Crippen molar-refractivity contribution in [2.75, 3.05) is 12.4 Å². The lowest BCUT2D eigenvalue weighted by Gasteiger charge is -2.13. The molecule has 0 atom stereocenters. The van der Waals surface area contributed by atoms with Crippen LogP contribution in [0.25, 0.3) is 0 Å². The van der Waals surface area contributed by atoms with Crippen LogP contribution in [-0.2, 0) is 6.54 Å². The molecule has 106 valence electrons. The van der Waals surface area contributed by atoms with Crippen molar-refractivity contribution in [2.24, 2.45) is 0 Å². The van der Waals surface area contributed by atoms with Crippen molar-refractivity contribution in [1.82, 2.24) is 0 Å². The summed E-state index contributed by atoms with van der Waals surface area (Å²) < 4.78 is 7.04. The molecular weight excluding hydrogens is 386 g/mol. The van der Waals surface area contributed by atoms with Crippen LogP contribution in [0.4, 0.5) is 5.69 Å². The van der Waals surface area contributed by atoms with Crippen LogP contribution in [0.1, 0.15) is 11.1 Å². The fraction of sp³-hybridized carbons (Fsp3) is 0.200. The summed E-state index contributed by atoms with van der Waals surface area (Å²) in [6.45, 7) is 2.56. The Bertz CT molecular complexity index is 606. The van der Waals surface area contributed by atoms with Crippen molar-refractivity contribution in [2.45, 2.75) is 13.5 Å². The number of halogens is 2. The maximum Gasteiger partial charge on any atom is 0.124 e. The first-order valence-electron chi connectivity index (χ1n) is 6.06. The molecule has 0 aliphatic carbocycles. The number of rotatable bonds is 4. The zero-order valence-corrected chi connectivity index (χ0v) is 14.4. The molecule has 3 nitrogen and oxygen atoms in total. The van der Waals surface area contributed by atoms with Crippen LogP contribution in [0, 0.1) is 6.92 Å². The Morgan fingerprint density at radius 2 is 1.80 bits per heavy atom. The van der Waals surface area contributed by atoms with Crippen molar-refractivity contribution in [1.29, 1.82) is 0 Å². The summed E-state index contributed by atoms with van der Waals surface area (Å²) in [7, 11) is 1.58. The van der Waals surface area contributed by atoms with E-state index in [1.807, 2.05) is 31.2 Å². The van der Waals surface area contributed by atoms with Gasteiger partial charge >= 0.3 is 0 Å². The molecule has 0 saturated heterocycles. The lowest BCUT2D eigenvalue weighted by molar-refractivity contribution is 0.406. The summed E-state index contributed by atoms with van der Waals surface area (Å²) in [5.74, 6) is 0.861. The van der Waals surface area contributed by atoms with Gasteiger partial charge in [-0.2, -0.15) is 0 Å². The molecule has 5 heteroatoms. The molecule has 0 radical (unpaired) electrons. The first-order chi connectivity index (χ1) is 9.51. The number of hydrogen-bond acceptors (Lipinski definition) is 3. The van der Waals surface area contributed by atoms with Crippen molar-refractivity contribution >= 4 is 37.5 Å². The molecule has 2 rings (SSSR count). The molecule has 2 N–H and O–H groups in total. The largest absolute Gasteiger partial charge is 0.507 e. The van der Waals surface area contributed by atoms with E-state index in [0.29, 0.717) is 12.3 Å². The van der Waals surface area contributed by atoms with Gasteiger partial charge in [0.25, 0.3) is 0 Å². The second-order valence-electron chi connectivity index (χ2n) is 4.45. The number of aryl methyl sites for hydroxylation is 1. The molecule has 0 spiro atoms. The average Bonchev–Trinajstić information content (AvgIpc) is 2.39. The second-order valence-corrected chi connectivity index (χ2v) is 6.16. The molecule has 0 bridgehead atoms. The topological polar surface area (TPSA) is 41.5 Å².